The van der Waals surface area contributed by atoms with E-state index < -0.39 is 15.9 Å². The number of hydrogen-bond acceptors (Lipinski definition) is 3. The number of hydrogen-bond donors (Lipinski definition) is 2. The van der Waals surface area contributed by atoms with Crippen LogP contribution >= 0.6 is 0 Å². The molecule has 0 radical (unpaired) electrons. The third-order valence-corrected chi connectivity index (χ3v) is 4.59. The molecule has 5 heteroatoms. The van der Waals surface area contributed by atoms with Gasteiger partial charge in [-0.25, -0.2) is 8.42 Å². The Morgan fingerprint density at radius 3 is 2.38 bits per heavy atom. The first-order chi connectivity index (χ1) is 7.46. The third kappa shape index (κ3) is 2.61. The molecule has 0 aliphatic carbocycles. The molecule has 3 N–H and O–H groups in total. The van der Waals surface area contributed by atoms with Gasteiger partial charge in [0.05, 0.1) is 5.75 Å². The van der Waals surface area contributed by atoms with Crippen molar-refractivity contribution in [3.63, 3.8) is 0 Å². The molecule has 2 rings (SSSR count). The Kier molecular flexibility index (Phi) is 3.01. The van der Waals surface area contributed by atoms with Crippen LogP contribution in [0.1, 0.15) is 5.56 Å². The molecule has 2 unspecified atom stereocenters. The molecule has 2 atom stereocenters. The second-order valence-corrected chi connectivity index (χ2v) is 6.54. The predicted octanol–water partition coefficient (Wildman–Crippen LogP) is -0.652. The Morgan fingerprint density at radius 1 is 1.25 bits per heavy atom. The van der Waals surface area contributed by atoms with Gasteiger partial charge in [-0.05, 0) is 19.1 Å². The Morgan fingerprint density at radius 2 is 1.88 bits per heavy atom. The van der Waals surface area contributed by atoms with E-state index in [1.54, 1.807) is 0 Å². The van der Waals surface area contributed by atoms with E-state index in [9.17, 15) is 13.5 Å². The van der Waals surface area contributed by atoms with E-state index in [1.807, 2.05) is 36.5 Å². The number of aliphatic hydroxyl groups excluding tert-OH is 1. The number of quaternary nitrogens is 1. The van der Waals surface area contributed by atoms with Crippen LogP contribution < -0.4 is 5.32 Å². The molecule has 1 aliphatic rings. The van der Waals surface area contributed by atoms with E-state index in [0.29, 0.717) is 0 Å². The number of nitrogens with two attached hydrogens (primary N) is 1. The van der Waals surface area contributed by atoms with Gasteiger partial charge in [-0.3, -0.25) is 0 Å². The standard InChI is InChI=1S/C11H15NO3S/c1-8-2-4-9(5-3-8)12-10-6-16(14,15)7-11(10)13/h2-5,10-13H,6-7H2,1H3/p+1. The second-order valence-electron chi connectivity index (χ2n) is 4.39. The summed E-state index contributed by atoms with van der Waals surface area (Å²) in [6, 6.07) is 7.55. The zero-order valence-electron chi connectivity index (χ0n) is 9.13. The van der Waals surface area contributed by atoms with Gasteiger partial charge in [0, 0.05) is 0 Å². The summed E-state index contributed by atoms with van der Waals surface area (Å²) >= 11 is 0. The molecule has 1 aromatic carbocycles. The van der Waals surface area contributed by atoms with Gasteiger partial charge in [-0.2, -0.15) is 0 Å². The molecule has 4 nitrogen and oxygen atoms in total. The van der Waals surface area contributed by atoms with Gasteiger partial charge >= 0.3 is 0 Å². The molecule has 88 valence electrons. The summed E-state index contributed by atoms with van der Waals surface area (Å²) in [6.45, 7) is 2.00. The van der Waals surface area contributed by atoms with E-state index in [0.717, 1.165) is 11.3 Å². The molecule has 0 amide bonds. The lowest BCUT2D eigenvalue weighted by Gasteiger charge is -2.10. The van der Waals surface area contributed by atoms with E-state index in [2.05, 4.69) is 0 Å². The number of rotatable bonds is 2. The number of aliphatic hydroxyl groups is 1. The molecule has 1 fully saturated rings. The number of benzene rings is 1. The van der Waals surface area contributed by atoms with Crippen molar-refractivity contribution in [3.05, 3.63) is 29.8 Å². The molecule has 0 bridgehead atoms. The van der Waals surface area contributed by atoms with Crippen molar-refractivity contribution < 1.29 is 18.8 Å². The van der Waals surface area contributed by atoms with Crippen molar-refractivity contribution in [1.82, 2.24) is 0 Å². The number of aryl methyl sites for hydroxylation is 1. The lowest BCUT2D eigenvalue weighted by Crippen LogP contribution is -2.87. The lowest BCUT2D eigenvalue weighted by atomic mass is 10.2. The molecule has 1 heterocycles. The van der Waals surface area contributed by atoms with Crippen LogP contribution in [-0.2, 0) is 9.84 Å². The summed E-state index contributed by atoms with van der Waals surface area (Å²) in [7, 11) is -3.05. The Bertz CT molecular complexity index is 467. The topological polar surface area (TPSA) is 71.0 Å². The predicted molar refractivity (Wildman–Crippen MR) is 61.2 cm³/mol. The monoisotopic (exact) mass is 242 g/mol. The minimum atomic E-state index is -3.05. The Labute approximate surface area is 95.2 Å². The third-order valence-electron chi connectivity index (χ3n) is 2.85. The fraction of sp³-hybridized carbons (Fsp3) is 0.455. The summed E-state index contributed by atoms with van der Waals surface area (Å²) in [5.74, 6) is -0.0535. The van der Waals surface area contributed by atoms with Gasteiger partial charge in [-0.1, -0.05) is 17.7 Å². The average Bonchev–Trinajstić information content (AvgIpc) is 2.44. The largest absolute Gasteiger partial charge is 0.386 e. The van der Waals surface area contributed by atoms with Crippen LogP contribution in [0, 0.1) is 6.92 Å². The Balaban J connectivity index is 2.08. The maximum atomic E-state index is 11.3. The van der Waals surface area contributed by atoms with Crippen LogP contribution in [0.5, 0.6) is 0 Å². The fourth-order valence-corrected chi connectivity index (χ4v) is 3.75. The summed E-state index contributed by atoms with van der Waals surface area (Å²) in [6.07, 6.45) is -0.758. The normalized spacial score (nSPS) is 28.1. The first-order valence-electron chi connectivity index (χ1n) is 5.26. The molecule has 0 spiro atoms. The minimum Gasteiger partial charge on any atom is -0.386 e. The number of sulfone groups is 1. The average molecular weight is 242 g/mol. The first kappa shape index (κ1) is 11.6. The minimum absolute atomic E-state index is 0.0576. The molecule has 0 aromatic heterocycles. The van der Waals surface area contributed by atoms with E-state index in [-0.39, 0.29) is 17.5 Å². The van der Waals surface area contributed by atoms with Gasteiger partial charge in [0.2, 0.25) is 0 Å². The van der Waals surface area contributed by atoms with Crippen molar-refractivity contribution >= 4 is 15.5 Å². The van der Waals surface area contributed by atoms with Crippen molar-refractivity contribution in [2.45, 2.75) is 19.1 Å². The van der Waals surface area contributed by atoms with Crippen LogP contribution in [0.4, 0.5) is 5.69 Å². The lowest BCUT2D eigenvalue weighted by molar-refractivity contribution is -0.613. The van der Waals surface area contributed by atoms with Crippen LogP contribution in [0.15, 0.2) is 24.3 Å². The van der Waals surface area contributed by atoms with Crippen molar-refractivity contribution in [3.8, 4) is 0 Å². The van der Waals surface area contributed by atoms with Crippen molar-refractivity contribution in [2.75, 3.05) is 11.5 Å². The second kappa shape index (κ2) is 4.16. The summed E-state index contributed by atoms with van der Waals surface area (Å²) in [4.78, 5) is 0. The van der Waals surface area contributed by atoms with Crippen LogP contribution in [-0.4, -0.2) is 37.2 Å². The molecular weight excluding hydrogens is 226 g/mol. The molecular formula is C11H16NO3S+. The van der Waals surface area contributed by atoms with Gasteiger partial charge in [0.1, 0.15) is 23.6 Å². The van der Waals surface area contributed by atoms with Crippen LogP contribution in [0.25, 0.3) is 0 Å². The van der Waals surface area contributed by atoms with Gasteiger partial charge < -0.3 is 10.4 Å². The molecule has 0 saturated carbocycles. The smallest absolute Gasteiger partial charge is 0.159 e. The highest BCUT2D eigenvalue weighted by Gasteiger charge is 2.39. The van der Waals surface area contributed by atoms with Crippen LogP contribution in [0.3, 0.4) is 0 Å². The van der Waals surface area contributed by atoms with Crippen molar-refractivity contribution in [1.29, 1.82) is 0 Å². The Hall–Kier alpha value is -0.910. The summed E-state index contributed by atoms with van der Waals surface area (Å²) in [5, 5.41) is 11.5. The van der Waals surface area contributed by atoms with Crippen molar-refractivity contribution in [2.24, 2.45) is 0 Å². The van der Waals surface area contributed by atoms with E-state index >= 15 is 0 Å². The zero-order chi connectivity index (χ0) is 11.8. The van der Waals surface area contributed by atoms with Gasteiger partial charge in [-0.15, -0.1) is 0 Å². The van der Waals surface area contributed by atoms with Gasteiger partial charge in [0.25, 0.3) is 0 Å². The van der Waals surface area contributed by atoms with Gasteiger partial charge in [0.15, 0.2) is 9.84 Å². The molecule has 1 aromatic rings. The highest BCUT2D eigenvalue weighted by atomic mass is 32.2. The quantitative estimate of drug-likeness (QED) is 0.677. The maximum absolute atomic E-state index is 11.3. The first-order valence-corrected chi connectivity index (χ1v) is 7.08. The molecule has 1 aliphatic heterocycles. The molecule has 1 saturated heterocycles. The zero-order valence-corrected chi connectivity index (χ0v) is 9.94. The van der Waals surface area contributed by atoms with E-state index in [1.165, 1.54) is 0 Å². The SMILES string of the molecule is Cc1ccc([NH2+]C2CS(=O)(=O)CC2O)cc1. The summed E-state index contributed by atoms with van der Waals surface area (Å²) in [5.41, 5.74) is 2.13. The van der Waals surface area contributed by atoms with E-state index in [4.69, 9.17) is 0 Å². The maximum Gasteiger partial charge on any atom is 0.159 e. The van der Waals surface area contributed by atoms with Crippen LogP contribution in [0.2, 0.25) is 0 Å². The highest BCUT2D eigenvalue weighted by Crippen LogP contribution is 2.11. The fourth-order valence-electron chi connectivity index (χ4n) is 1.94. The summed E-state index contributed by atoms with van der Waals surface area (Å²) < 4.78 is 22.6. The molecule has 16 heavy (non-hydrogen) atoms. The highest BCUT2D eigenvalue weighted by molar-refractivity contribution is 7.91.